The van der Waals surface area contributed by atoms with Crippen molar-refractivity contribution >= 4 is 39.0 Å². The third-order valence-corrected chi connectivity index (χ3v) is 6.10. The number of nitrogens with zero attached hydrogens (tertiary/aromatic N) is 1. The zero-order valence-electron chi connectivity index (χ0n) is 16.6. The van der Waals surface area contributed by atoms with Gasteiger partial charge in [-0.05, 0) is 48.0 Å². The van der Waals surface area contributed by atoms with Crippen molar-refractivity contribution in [1.29, 1.82) is 0 Å². The largest absolute Gasteiger partial charge is 0.309 e. The number of rotatable bonds is 6. The first-order chi connectivity index (χ1) is 14.7. The molecule has 4 rings (SSSR count). The molecule has 0 heterocycles. The summed E-state index contributed by atoms with van der Waals surface area (Å²) in [5, 5.41) is 1.95. The molecular weight excluding hydrogens is 392 g/mol. The first-order valence-electron chi connectivity index (χ1n) is 9.81. The van der Waals surface area contributed by atoms with E-state index in [0.29, 0.717) is 22.7 Å². The molecule has 30 heavy (non-hydrogen) atoms. The molecule has 1 unspecified atom stereocenters. The van der Waals surface area contributed by atoms with Crippen LogP contribution in [0, 0.1) is 0 Å². The van der Waals surface area contributed by atoms with E-state index in [9.17, 15) is 9.00 Å². The summed E-state index contributed by atoms with van der Waals surface area (Å²) in [6.45, 7) is 2.47. The summed E-state index contributed by atoms with van der Waals surface area (Å²) in [5.74, 6) is -0.137. The van der Waals surface area contributed by atoms with E-state index in [1.165, 1.54) is 0 Å². The molecule has 0 radical (unpaired) electrons. The van der Waals surface area contributed by atoms with Gasteiger partial charge in [-0.2, -0.15) is 0 Å². The van der Waals surface area contributed by atoms with E-state index in [1.54, 1.807) is 17.0 Å². The van der Waals surface area contributed by atoms with E-state index in [4.69, 9.17) is 0 Å². The van der Waals surface area contributed by atoms with Gasteiger partial charge in [0.2, 0.25) is 0 Å². The van der Waals surface area contributed by atoms with Crippen LogP contribution in [-0.2, 0) is 11.0 Å². The predicted molar refractivity (Wildman–Crippen MR) is 124 cm³/mol. The minimum absolute atomic E-state index is 0.137. The normalized spacial score (nSPS) is 11.8. The molecule has 0 aliphatic rings. The van der Waals surface area contributed by atoms with Gasteiger partial charge in [0.15, 0.2) is 11.0 Å². The van der Waals surface area contributed by atoms with E-state index in [2.05, 4.69) is 4.72 Å². The van der Waals surface area contributed by atoms with E-state index in [-0.39, 0.29) is 5.91 Å². The molecule has 0 saturated heterocycles. The number of benzene rings is 4. The Morgan fingerprint density at radius 2 is 1.50 bits per heavy atom. The monoisotopic (exact) mass is 414 g/mol. The lowest BCUT2D eigenvalue weighted by Gasteiger charge is -2.22. The van der Waals surface area contributed by atoms with Gasteiger partial charge >= 0.3 is 0 Å². The van der Waals surface area contributed by atoms with Gasteiger partial charge in [-0.15, -0.1) is 0 Å². The van der Waals surface area contributed by atoms with Crippen molar-refractivity contribution in [3.05, 3.63) is 103 Å². The second-order valence-corrected chi connectivity index (χ2v) is 7.96. The highest BCUT2D eigenvalue weighted by Crippen LogP contribution is 2.26. The zero-order valence-corrected chi connectivity index (χ0v) is 17.4. The van der Waals surface area contributed by atoms with Crippen LogP contribution < -0.4 is 9.62 Å². The van der Waals surface area contributed by atoms with E-state index < -0.39 is 11.0 Å². The van der Waals surface area contributed by atoms with Crippen LogP contribution in [0.2, 0.25) is 0 Å². The Labute approximate surface area is 178 Å². The number of hydrogen-bond acceptors (Lipinski definition) is 2. The summed E-state index contributed by atoms with van der Waals surface area (Å²) >= 11 is 0. The standard InChI is InChI=1S/C25H22N2O2S/c1-2-27(20-13-4-3-5-14-20)25(28)22-16-8-9-17-23(22)26-30(29)24-18-10-12-19-11-6-7-15-21(19)24/h3-18,26H,2H2,1H3. The maximum absolute atomic E-state index is 13.3. The fourth-order valence-corrected chi connectivity index (χ4v) is 4.54. The van der Waals surface area contributed by atoms with Crippen LogP contribution in [0.3, 0.4) is 0 Å². The molecule has 0 spiro atoms. The SMILES string of the molecule is CCN(C(=O)c1ccccc1NS(=O)c1cccc2ccccc12)c1ccccc1. The van der Waals surface area contributed by atoms with Crippen LogP contribution in [0.15, 0.2) is 102 Å². The van der Waals surface area contributed by atoms with Crippen molar-refractivity contribution in [2.45, 2.75) is 11.8 Å². The average molecular weight is 415 g/mol. The number of nitrogens with one attached hydrogen (secondary N) is 1. The summed E-state index contributed by atoms with van der Waals surface area (Å²) in [5.41, 5.74) is 1.86. The summed E-state index contributed by atoms with van der Waals surface area (Å²) in [6, 6.07) is 30.3. The summed E-state index contributed by atoms with van der Waals surface area (Å²) < 4.78 is 16.2. The van der Waals surface area contributed by atoms with Gasteiger partial charge in [-0.25, -0.2) is 4.21 Å². The molecule has 4 nitrogen and oxygen atoms in total. The van der Waals surface area contributed by atoms with Crippen LogP contribution in [0.1, 0.15) is 17.3 Å². The molecule has 1 N–H and O–H groups in total. The molecule has 5 heteroatoms. The number of carbonyl (C=O) groups excluding carboxylic acids is 1. The maximum Gasteiger partial charge on any atom is 0.260 e. The quantitative estimate of drug-likeness (QED) is 0.444. The van der Waals surface area contributed by atoms with Gasteiger partial charge < -0.3 is 9.62 Å². The number of para-hydroxylation sites is 2. The smallest absolute Gasteiger partial charge is 0.260 e. The minimum Gasteiger partial charge on any atom is -0.309 e. The second-order valence-electron chi connectivity index (χ2n) is 6.78. The lowest BCUT2D eigenvalue weighted by atomic mass is 10.1. The highest BCUT2D eigenvalue weighted by Gasteiger charge is 2.20. The maximum atomic E-state index is 13.3. The molecule has 150 valence electrons. The predicted octanol–water partition coefficient (Wildman–Crippen LogP) is 5.64. The minimum atomic E-state index is -1.52. The average Bonchev–Trinajstić information content (AvgIpc) is 2.80. The van der Waals surface area contributed by atoms with Gasteiger partial charge in [-0.3, -0.25) is 4.79 Å². The first kappa shape index (κ1) is 19.9. The molecule has 0 fully saturated rings. The Bertz CT molecular complexity index is 1200. The van der Waals surface area contributed by atoms with Gasteiger partial charge in [0.1, 0.15) is 0 Å². The van der Waals surface area contributed by atoms with Crippen LogP contribution in [0.5, 0.6) is 0 Å². The molecule has 4 aromatic carbocycles. The number of carbonyl (C=O) groups is 1. The van der Waals surface area contributed by atoms with E-state index >= 15 is 0 Å². The lowest BCUT2D eigenvalue weighted by Crippen LogP contribution is -2.31. The summed E-state index contributed by atoms with van der Waals surface area (Å²) in [4.78, 5) is 15.7. The Kier molecular flexibility index (Phi) is 5.91. The third-order valence-electron chi connectivity index (χ3n) is 4.94. The highest BCUT2D eigenvalue weighted by molar-refractivity contribution is 7.86. The van der Waals surface area contributed by atoms with Crippen molar-refractivity contribution in [3.8, 4) is 0 Å². The Hall–Kier alpha value is -3.44. The lowest BCUT2D eigenvalue weighted by molar-refractivity contribution is 0.0989. The van der Waals surface area contributed by atoms with Gasteiger partial charge in [0.25, 0.3) is 5.91 Å². The molecule has 0 saturated carbocycles. The van der Waals surface area contributed by atoms with Crippen LogP contribution in [-0.4, -0.2) is 16.7 Å². The molecule has 0 aliphatic heterocycles. The van der Waals surface area contributed by atoms with Crippen molar-refractivity contribution in [1.82, 2.24) is 0 Å². The molecule has 1 amide bonds. The Balaban J connectivity index is 1.66. The molecule has 4 aromatic rings. The fourth-order valence-electron chi connectivity index (χ4n) is 3.47. The van der Waals surface area contributed by atoms with Crippen LogP contribution in [0.4, 0.5) is 11.4 Å². The van der Waals surface area contributed by atoms with E-state index in [1.807, 2.05) is 91.9 Å². The molecule has 1 atom stereocenters. The number of amides is 1. The van der Waals surface area contributed by atoms with E-state index in [0.717, 1.165) is 16.5 Å². The zero-order chi connectivity index (χ0) is 20.9. The highest BCUT2D eigenvalue weighted by atomic mass is 32.2. The fraction of sp³-hybridized carbons (Fsp3) is 0.0800. The Morgan fingerprint density at radius 1 is 0.833 bits per heavy atom. The van der Waals surface area contributed by atoms with Crippen molar-refractivity contribution in [2.24, 2.45) is 0 Å². The summed E-state index contributed by atoms with van der Waals surface area (Å²) in [6.07, 6.45) is 0. The van der Waals surface area contributed by atoms with Crippen molar-refractivity contribution in [3.63, 3.8) is 0 Å². The summed E-state index contributed by atoms with van der Waals surface area (Å²) in [7, 11) is -1.52. The van der Waals surface area contributed by atoms with Crippen LogP contribution >= 0.6 is 0 Å². The number of hydrogen-bond donors (Lipinski definition) is 1. The second kappa shape index (κ2) is 8.93. The molecule has 0 aromatic heterocycles. The number of anilines is 2. The number of fused-ring (bicyclic) bond motifs is 1. The van der Waals surface area contributed by atoms with Gasteiger partial charge in [0, 0.05) is 12.2 Å². The molecule has 0 bridgehead atoms. The molecular formula is C25H22N2O2S. The van der Waals surface area contributed by atoms with Gasteiger partial charge in [-0.1, -0.05) is 66.7 Å². The first-order valence-corrected chi connectivity index (χ1v) is 11.0. The molecule has 0 aliphatic carbocycles. The van der Waals surface area contributed by atoms with Crippen molar-refractivity contribution < 1.29 is 9.00 Å². The topological polar surface area (TPSA) is 49.4 Å². The third kappa shape index (κ3) is 3.98. The Morgan fingerprint density at radius 3 is 2.30 bits per heavy atom. The van der Waals surface area contributed by atoms with Gasteiger partial charge in [0.05, 0.1) is 16.1 Å². The van der Waals surface area contributed by atoms with Crippen molar-refractivity contribution in [2.75, 3.05) is 16.2 Å². The van der Waals surface area contributed by atoms with Crippen LogP contribution in [0.25, 0.3) is 10.8 Å².